The molecular weight excluding hydrogens is 231 g/mol. The lowest BCUT2D eigenvalue weighted by molar-refractivity contribution is -0.146. The third-order valence-corrected chi connectivity index (χ3v) is 4.41. The van der Waals surface area contributed by atoms with Gasteiger partial charge in [-0.15, -0.1) is 0 Å². The van der Waals surface area contributed by atoms with Crippen molar-refractivity contribution in [2.75, 3.05) is 6.61 Å². The summed E-state index contributed by atoms with van der Waals surface area (Å²) >= 11 is 0. The molecule has 0 aromatic carbocycles. The van der Waals surface area contributed by atoms with Gasteiger partial charge in [0.1, 0.15) is 5.82 Å². The molecule has 2 atom stereocenters. The minimum atomic E-state index is -0.312. The molecule has 1 aliphatic carbocycles. The summed E-state index contributed by atoms with van der Waals surface area (Å²) in [5.41, 5.74) is 6.66. The van der Waals surface area contributed by atoms with E-state index >= 15 is 0 Å². The van der Waals surface area contributed by atoms with Crippen molar-refractivity contribution >= 4 is 0 Å². The monoisotopic (exact) mass is 250 g/mol. The third-order valence-electron chi connectivity index (χ3n) is 4.41. The molecule has 4 heteroatoms. The van der Waals surface area contributed by atoms with Gasteiger partial charge in [0, 0.05) is 12.8 Å². The molecule has 98 valence electrons. The van der Waals surface area contributed by atoms with E-state index in [1.807, 2.05) is 0 Å². The summed E-state index contributed by atoms with van der Waals surface area (Å²) in [6, 6.07) is 2.72. The Balaban J connectivity index is 1.76. The molecule has 1 aromatic rings. The highest BCUT2D eigenvalue weighted by molar-refractivity contribution is 5.13. The van der Waals surface area contributed by atoms with Gasteiger partial charge in [-0.05, 0) is 50.2 Å². The number of nitrogens with zero attached hydrogens (tertiary/aromatic N) is 1. The van der Waals surface area contributed by atoms with Gasteiger partial charge in [0.2, 0.25) is 0 Å². The van der Waals surface area contributed by atoms with Crippen LogP contribution in [0.15, 0.2) is 18.3 Å². The van der Waals surface area contributed by atoms with Crippen LogP contribution in [0.4, 0.5) is 4.39 Å². The number of hydrogen-bond acceptors (Lipinski definition) is 3. The van der Waals surface area contributed by atoms with Gasteiger partial charge < -0.3 is 10.5 Å². The van der Waals surface area contributed by atoms with Gasteiger partial charge >= 0.3 is 0 Å². The fraction of sp³-hybridized carbons (Fsp3) is 0.643. The standard InChI is InChI=1S/C14H19FN2O/c15-11-3-1-7-17-13(11)12(16)10-4-8-18-14(9-10)5-2-6-14/h1,3,7,10,12H,2,4-6,8-9,16H2. The van der Waals surface area contributed by atoms with Crippen LogP contribution in [0.1, 0.15) is 43.8 Å². The first-order valence-corrected chi connectivity index (χ1v) is 6.70. The predicted molar refractivity (Wildman–Crippen MR) is 66.4 cm³/mol. The van der Waals surface area contributed by atoms with E-state index in [1.165, 1.54) is 12.5 Å². The van der Waals surface area contributed by atoms with Crippen LogP contribution in [0.5, 0.6) is 0 Å². The van der Waals surface area contributed by atoms with Gasteiger partial charge in [0.05, 0.1) is 17.3 Å². The van der Waals surface area contributed by atoms with E-state index in [2.05, 4.69) is 4.98 Å². The van der Waals surface area contributed by atoms with Crippen molar-refractivity contribution in [3.05, 3.63) is 29.8 Å². The predicted octanol–water partition coefficient (Wildman–Crippen LogP) is 2.57. The zero-order chi connectivity index (χ0) is 12.6. The number of pyridine rings is 1. The minimum Gasteiger partial charge on any atom is -0.375 e. The molecule has 0 radical (unpaired) electrons. The molecule has 1 saturated heterocycles. The van der Waals surface area contributed by atoms with Crippen molar-refractivity contribution in [1.29, 1.82) is 0 Å². The summed E-state index contributed by atoms with van der Waals surface area (Å²) < 4.78 is 19.6. The third kappa shape index (κ3) is 2.04. The normalized spacial score (nSPS) is 27.8. The van der Waals surface area contributed by atoms with E-state index in [1.54, 1.807) is 12.3 Å². The molecule has 1 spiro atoms. The van der Waals surface area contributed by atoms with E-state index in [9.17, 15) is 4.39 Å². The molecular formula is C14H19FN2O. The Bertz CT molecular complexity index is 434. The van der Waals surface area contributed by atoms with Crippen LogP contribution in [-0.4, -0.2) is 17.2 Å². The van der Waals surface area contributed by atoms with Crippen molar-refractivity contribution in [2.24, 2.45) is 11.7 Å². The summed E-state index contributed by atoms with van der Waals surface area (Å²) in [4.78, 5) is 4.10. The zero-order valence-electron chi connectivity index (χ0n) is 10.4. The Morgan fingerprint density at radius 1 is 1.50 bits per heavy atom. The summed E-state index contributed by atoms with van der Waals surface area (Å²) in [6.45, 7) is 0.743. The van der Waals surface area contributed by atoms with Crippen LogP contribution >= 0.6 is 0 Å². The van der Waals surface area contributed by atoms with Crippen molar-refractivity contribution in [2.45, 2.75) is 43.7 Å². The largest absolute Gasteiger partial charge is 0.375 e. The Hall–Kier alpha value is -1.00. The second-order valence-corrected chi connectivity index (χ2v) is 5.53. The first-order valence-electron chi connectivity index (χ1n) is 6.70. The molecule has 2 N–H and O–H groups in total. The van der Waals surface area contributed by atoms with Crippen LogP contribution in [0.3, 0.4) is 0 Å². The molecule has 3 rings (SSSR count). The Morgan fingerprint density at radius 2 is 2.33 bits per heavy atom. The lowest BCUT2D eigenvalue weighted by Gasteiger charge is -2.48. The van der Waals surface area contributed by atoms with Gasteiger partial charge in [0.25, 0.3) is 0 Å². The maximum Gasteiger partial charge on any atom is 0.146 e. The highest BCUT2D eigenvalue weighted by atomic mass is 19.1. The average Bonchev–Trinajstić information content (AvgIpc) is 2.37. The Morgan fingerprint density at radius 3 is 3.00 bits per heavy atom. The van der Waals surface area contributed by atoms with Crippen molar-refractivity contribution < 1.29 is 9.13 Å². The second-order valence-electron chi connectivity index (χ2n) is 5.53. The quantitative estimate of drug-likeness (QED) is 0.877. The van der Waals surface area contributed by atoms with Gasteiger partial charge in [-0.2, -0.15) is 0 Å². The average molecular weight is 250 g/mol. The first-order chi connectivity index (χ1) is 8.70. The minimum absolute atomic E-state index is 0.0474. The van der Waals surface area contributed by atoms with Crippen molar-refractivity contribution in [1.82, 2.24) is 4.98 Å². The molecule has 1 aromatic heterocycles. The number of halogens is 1. The Kier molecular flexibility index (Phi) is 3.08. The van der Waals surface area contributed by atoms with Crippen LogP contribution in [0.25, 0.3) is 0 Å². The zero-order valence-corrected chi connectivity index (χ0v) is 10.4. The van der Waals surface area contributed by atoms with Crippen LogP contribution < -0.4 is 5.73 Å². The summed E-state index contributed by atoms with van der Waals surface area (Å²) in [5, 5.41) is 0. The molecule has 2 aliphatic rings. The van der Waals surface area contributed by atoms with E-state index in [0.29, 0.717) is 5.69 Å². The lowest BCUT2D eigenvalue weighted by atomic mass is 9.70. The maximum atomic E-state index is 13.7. The van der Waals surface area contributed by atoms with E-state index < -0.39 is 0 Å². The molecule has 1 saturated carbocycles. The summed E-state index contributed by atoms with van der Waals surface area (Å²) in [7, 11) is 0. The SMILES string of the molecule is NC(c1ncccc1F)C1CCOC2(CCC2)C1. The van der Waals surface area contributed by atoms with Crippen LogP contribution in [0, 0.1) is 11.7 Å². The van der Waals surface area contributed by atoms with Gasteiger partial charge in [-0.3, -0.25) is 4.98 Å². The fourth-order valence-electron chi connectivity index (χ4n) is 3.16. The first kappa shape index (κ1) is 12.1. The molecule has 2 heterocycles. The van der Waals surface area contributed by atoms with Crippen LogP contribution in [0.2, 0.25) is 0 Å². The second kappa shape index (κ2) is 4.59. The summed E-state index contributed by atoms with van der Waals surface area (Å²) in [6.07, 6.45) is 6.95. The highest BCUT2D eigenvalue weighted by Gasteiger charge is 2.44. The number of rotatable bonds is 2. The maximum absolute atomic E-state index is 13.7. The van der Waals surface area contributed by atoms with Gasteiger partial charge in [-0.25, -0.2) is 4.39 Å². The molecule has 1 aliphatic heterocycles. The van der Waals surface area contributed by atoms with Crippen molar-refractivity contribution in [3.8, 4) is 0 Å². The Labute approximate surface area is 107 Å². The number of aromatic nitrogens is 1. The van der Waals surface area contributed by atoms with Crippen LogP contribution in [-0.2, 0) is 4.74 Å². The van der Waals surface area contributed by atoms with E-state index in [0.717, 1.165) is 32.3 Å². The number of nitrogens with two attached hydrogens (primary N) is 1. The van der Waals surface area contributed by atoms with Crippen molar-refractivity contribution in [3.63, 3.8) is 0 Å². The number of hydrogen-bond donors (Lipinski definition) is 1. The van der Waals surface area contributed by atoms with Gasteiger partial charge in [-0.1, -0.05) is 0 Å². The smallest absolute Gasteiger partial charge is 0.146 e. The molecule has 0 amide bonds. The topological polar surface area (TPSA) is 48.1 Å². The molecule has 2 unspecified atom stereocenters. The highest BCUT2D eigenvalue weighted by Crippen LogP contribution is 2.46. The van der Waals surface area contributed by atoms with E-state index in [-0.39, 0.29) is 23.4 Å². The van der Waals surface area contributed by atoms with Gasteiger partial charge in [0.15, 0.2) is 0 Å². The fourth-order valence-corrected chi connectivity index (χ4v) is 3.16. The molecule has 2 fully saturated rings. The molecule has 0 bridgehead atoms. The molecule has 3 nitrogen and oxygen atoms in total. The lowest BCUT2D eigenvalue weighted by Crippen LogP contribution is -2.47. The summed E-state index contributed by atoms with van der Waals surface area (Å²) in [5.74, 6) is -0.0115. The molecule has 18 heavy (non-hydrogen) atoms. The number of ether oxygens (including phenoxy) is 1. The van der Waals surface area contributed by atoms with E-state index in [4.69, 9.17) is 10.5 Å².